The molecule has 2 unspecified atom stereocenters. The Kier molecular flexibility index (Phi) is 4.87. The van der Waals surface area contributed by atoms with Crippen LogP contribution in [-0.2, 0) is 10.8 Å². The van der Waals surface area contributed by atoms with E-state index in [1.54, 1.807) is 0 Å². The van der Waals surface area contributed by atoms with E-state index in [9.17, 15) is 4.21 Å². The number of hydrogen-bond donors (Lipinski definition) is 1. The molecule has 1 aliphatic carbocycles. The largest absolute Gasteiger partial charge is 0.311 e. The quantitative estimate of drug-likeness (QED) is 0.836. The van der Waals surface area contributed by atoms with Gasteiger partial charge in [0.05, 0.1) is 0 Å². The van der Waals surface area contributed by atoms with Crippen LogP contribution in [-0.4, -0.2) is 27.8 Å². The highest BCUT2D eigenvalue weighted by atomic mass is 32.2. The summed E-state index contributed by atoms with van der Waals surface area (Å²) in [5, 5.41) is 3.90. The predicted octanol–water partition coefficient (Wildman–Crippen LogP) is 3.09. The van der Waals surface area contributed by atoms with Gasteiger partial charge in [0, 0.05) is 34.4 Å². The van der Waals surface area contributed by atoms with Crippen molar-refractivity contribution in [2.45, 2.75) is 71.4 Å². The van der Waals surface area contributed by atoms with Crippen LogP contribution >= 0.6 is 0 Å². The third-order valence-electron chi connectivity index (χ3n) is 4.72. The maximum atomic E-state index is 11.4. The molecule has 0 aromatic carbocycles. The lowest BCUT2D eigenvalue weighted by molar-refractivity contribution is 0.121. The molecule has 1 saturated heterocycles. The Bertz CT molecular complexity index is 287. The average molecular weight is 271 g/mol. The number of rotatable bonds is 2. The fourth-order valence-corrected chi connectivity index (χ4v) is 4.93. The normalized spacial score (nSPS) is 38.6. The highest BCUT2D eigenvalue weighted by molar-refractivity contribution is 7.85. The minimum atomic E-state index is -0.533. The molecule has 2 fully saturated rings. The molecule has 1 aliphatic heterocycles. The topological polar surface area (TPSA) is 29.1 Å². The van der Waals surface area contributed by atoms with Gasteiger partial charge < -0.3 is 5.32 Å². The average Bonchev–Trinajstić information content (AvgIpc) is 2.31. The van der Waals surface area contributed by atoms with Crippen molar-refractivity contribution in [2.75, 3.05) is 11.5 Å². The molecule has 2 nitrogen and oxygen atoms in total. The fourth-order valence-electron chi connectivity index (χ4n) is 3.63. The lowest BCUT2D eigenvalue weighted by Gasteiger charge is -2.43. The van der Waals surface area contributed by atoms with Gasteiger partial charge in [0.2, 0.25) is 0 Å². The van der Waals surface area contributed by atoms with Gasteiger partial charge in [-0.1, -0.05) is 33.6 Å². The van der Waals surface area contributed by atoms with E-state index < -0.39 is 10.8 Å². The molecule has 106 valence electrons. The van der Waals surface area contributed by atoms with Crippen LogP contribution in [0.25, 0.3) is 0 Å². The van der Waals surface area contributed by atoms with Gasteiger partial charge in [0.15, 0.2) is 0 Å². The minimum Gasteiger partial charge on any atom is -0.311 e. The zero-order valence-electron chi connectivity index (χ0n) is 12.2. The molecule has 2 atom stereocenters. The van der Waals surface area contributed by atoms with Crippen molar-refractivity contribution >= 4 is 10.8 Å². The Balaban J connectivity index is 1.91. The summed E-state index contributed by atoms with van der Waals surface area (Å²) in [6.45, 7) is 7.15. The summed E-state index contributed by atoms with van der Waals surface area (Å²) in [6, 6.07) is 1.31. The smallest absolute Gasteiger partial charge is 0.0249 e. The molecule has 0 aromatic heterocycles. The van der Waals surface area contributed by atoms with Crippen LogP contribution in [0.15, 0.2) is 0 Å². The van der Waals surface area contributed by atoms with E-state index in [1.165, 1.54) is 25.7 Å². The molecule has 2 aliphatic rings. The number of hydrogen-bond acceptors (Lipinski definition) is 2. The molecule has 3 heteroatoms. The van der Waals surface area contributed by atoms with E-state index in [0.717, 1.165) is 30.3 Å². The van der Waals surface area contributed by atoms with Crippen molar-refractivity contribution in [2.24, 2.45) is 11.3 Å². The molecule has 0 amide bonds. The van der Waals surface area contributed by atoms with Crippen LogP contribution in [0.4, 0.5) is 0 Å². The first kappa shape index (κ1) is 14.5. The zero-order valence-corrected chi connectivity index (χ0v) is 13.0. The SMILES string of the molecule is CC(C)(C)C1CCCCC1NC1CCS(=O)CC1. The summed E-state index contributed by atoms with van der Waals surface area (Å²) in [6.07, 6.45) is 7.71. The minimum absolute atomic E-state index is 0.412. The molecule has 0 aromatic rings. The van der Waals surface area contributed by atoms with E-state index in [0.29, 0.717) is 17.5 Å². The van der Waals surface area contributed by atoms with Crippen molar-refractivity contribution in [3.63, 3.8) is 0 Å². The third kappa shape index (κ3) is 3.80. The second-order valence-electron chi connectivity index (χ2n) is 7.15. The third-order valence-corrected chi connectivity index (χ3v) is 6.10. The highest BCUT2D eigenvalue weighted by Crippen LogP contribution is 2.38. The molecular formula is C15H29NOS. The van der Waals surface area contributed by atoms with Crippen molar-refractivity contribution in [1.29, 1.82) is 0 Å². The fraction of sp³-hybridized carbons (Fsp3) is 1.00. The lowest BCUT2D eigenvalue weighted by atomic mass is 9.69. The van der Waals surface area contributed by atoms with Gasteiger partial charge in [-0.15, -0.1) is 0 Å². The van der Waals surface area contributed by atoms with Gasteiger partial charge >= 0.3 is 0 Å². The van der Waals surface area contributed by atoms with Gasteiger partial charge in [-0.25, -0.2) is 0 Å². The van der Waals surface area contributed by atoms with E-state index in [1.807, 2.05) is 0 Å². The maximum Gasteiger partial charge on any atom is 0.0249 e. The summed E-state index contributed by atoms with van der Waals surface area (Å²) in [4.78, 5) is 0. The van der Waals surface area contributed by atoms with Crippen molar-refractivity contribution in [1.82, 2.24) is 5.32 Å². The van der Waals surface area contributed by atoms with Gasteiger partial charge in [-0.3, -0.25) is 4.21 Å². The Labute approximate surface area is 115 Å². The van der Waals surface area contributed by atoms with Crippen LogP contribution in [0.3, 0.4) is 0 Å². The number of nitrogens with one attached hydrogen (secondary N) is 1. The molecule has 18 heavy (non-hydrogen) atoms. The first-order valence-electron chi connectivity index (χ1n) is 7.58. The molecular weight excluding hydrogens is 242 g/mol. The standard InChI is InChI=1S/C15H29NOS/c1-15(2,3)13-6-4-5-7-14(13)16-12-8-10-18(17)11-9-12/h12-14,16H,4-11H2,1-3H3. The van der Waals surface area contributed by atoms with Crippen molar-refractivity contribution < 1.29 is 4.21 Å². The van der Waals surface area contributed by atoms with Crippen LogP contribution in [0.2, 0.25) is 0 Å². The lowest BCUT2D eigenvalue weighted by Crippen LogP contribution is -2.49. The summed E-state index contributed by atoms with van der Waals surface area (Å²) < 4.78 is 11.4. The van der Waals surface area contributed by atoms with Crippen LogP contribution in [0.1, 0.15) is 59.3 Å². The van der Waals surface area contributed by atoms with Gasteiger partial charge in [0.25, 0.3) is 0 Å². The monoisotopic (exact) mass is 271 g/mol. The summed E-state index contributed by atoms with van der Waals surface area (Å²) in [5.41, 5.74) is 0.412. The Morgan fingerprint density at radius 2 is 1.61 bits per heavy atom. The molecule has 0 radical (unpaired) electrons. The molecule has 0 bridgehead atoms. The second kappa shape index (κ2) is 6.04. The first-order valence-corrected chi connectivity index (χ1v) is 9.06. The van der Waals surface area contributed by atoms with E-state index in [4.69, 9.17) is 0 Å². The Morgan fingerprint density at radius 3 is 2.22 bits per heavy atom. The Morgan fingerprint density at radius 1 is 1.00 bits per heavy atom. The van der Waals surface area contributed by atoms with Gasteiger partial charge in [-0.05, 0) is 37.0 Å². The molecule has 1 N–H and O–H groups in total. The predicted molar refractivity (Wildman–Crippen MR) is 79.2 cm³/mol. The van der Waals surface area contributed by atoms with Gasteiger partial charge in [0.1, 0.15) is 0 Å². The molecule has 2 rings (SSSR count). The summed E-state index contributed by atoms with van der Waals surface area (Å²) in [5.74, 6) is 2.62. The molecule has 0 spiro atoms. The van der Waals surface area contributed by atoms with Crippen molar-refractivity contribution in [3.8, 4) is 0 Å². The van der Waals surface area contributed by atoms with E-state index >= 15 is 0 Å². The van der Waals surface area contributed by atoms with Crippen LogP contribution in [0.5, 0.6) is 0 Å². The summed E-state index contributed by atoms with van der Waals surface area (Å²) in [7, 11) is -0.533. The van der Waals surface area contributed by atoms with E-state index in [2.05, 4.69) is 26.1 Å². The molecule has 1 saturated carbocycles. The van der Waals surface area contributed by atoms with Crippen LogP contribution in [0, 0.1) is 11.3 Å². The van der Waals surface area contributed by atoms with Crippen molar-refractivity contribution in [3.05, 3.63) is 0 Å². The van der Waals surface area contributed by atoms with Crippen LogP contribution < -0.4 is 5.32 Å². The first-order chi connectivity index (χ1) is 8.47. The second-order valence-corrected chi connectivity index (χ2v) is 8.85. The Hall–Kier alpha value is 0.110. The zero-order chi connectivity index (χ0) is 13.2. The molecule has 1 heterocycles. The van der Waals surface area contributed by atoms with E-state index in [-0.39, 0.29) is 0 Å². The van der Waals surface area contributed by atoms with Gasteiger partial charge in [-0.2, -0.15) is 0 Å². The summed E-state index contributed by atoms with van der Waals surface area (Å²) >= 11 is 0. The highest BCUT2D eigenvalue weighted by Gasteiger charge is 2.35. The maximum absolute atomic E-state index is 11.4.